The molecular weight excluding hydrogens is 440 g/mol. The fourth-order valence-electron chi connectivity index (χ4n) is 2.74. The molecule has 3 N–H and O–H groups in total. The van der Waals surface area contributed by atoms with Gasteiger partial charge in [0.2, 0.25) is 0 Å². The molecule has 3 aromatic rings. The molecule has 0 unspecified atom stereocenters. The highest BCUT2D eigenvalue weighted by Gasteiger charge is 2.36. The summed E-state index contributed by atoms with van der Waals surface area (Å²) in [5.74, 6) is -2.17. The van der Waals surface area contributed by atoms with E-state index in [-0.39, 0.29) is 26.3 Å². The number of alkyl halides is 6. The maximum atomic E-state index is 13.0. The van der Waals surface area contributed by atoms with Gasteiger partial charge in [0.05, 0.1) is 5.69 Å². The Morgan fingerprint density at radius 2 is 1.77 bits per heavy atom. The summed E-state index contributed by atoms with van der Waals surface area (Å²) >= 11 is 0.520. The zero-order valence-corrected chi connectivity index (χ0v) is 15.9. The number of rotatable bonds is 3. The first kappa shape index (κ1) is 21.5. The smallest absolute Gasteiger partial charge is 0.365 e. The molecule has 3 heterocycles. The quantitative estimate of drug-likeness (QED) is 0.593. The highest BCUT2D eigenvalue weighted by Crippen LogP contribution is 2.40. The van der Waals surface area contributed by atoms with Crippen molar-refractivity contribution < 1.29 is 35.9 Å². The van der Waals surface area contributed by atoms with Gasteiger partial charge in [-0.05, 0) is 18.6 Å². The third kappa shape index (κ3) is 3.81. The largest absolute Gasteiger partial charge is 0.433 e. The molecule has 0 radical (unpaired) electrons. The van der Waals surface area contributed by atoms with Crippen molar-refractivity contribution in [2.75, 3.05) is 5.32 Å². The molecule has 2 amide bonds. The number of aromatic nitrogens is 3. The molecule has 7 nitrogen and oxygen atoms in total. The van der Waals surface area contributed by atoms with Crippen LogP contribution in [0.15, 0.2) is 12.1 Å². The van der Waals surface area contributed by atoms with E-state index >= 15 is 0 Å². The highest BCUT2D eigenvalue weighted by molar-refractivity contribution is 7.21. The lowest BCUT2D eigenvalue weighted by atomic mass is 10.1. The Balaban J connectivity index is 2.10. The summed E-state index contributed by atoms with van der Waals surface area (Å²) in [7, 11) is 0.987. The molecule has 30 heavy (non-hydrogen) atoms. The van der Waals surface area contributed by atoms with Crippen LogP contribution in [-0.2, 0) is 19.4 Å². The number of nitrogens with one attached hydrogen (secondary N) is 1. The monoisotopic (exact) mass is 451 g/mol. The zero-order chi connectivity index (χ0) is 22.6. The molecule has 3 rings (SSSR count). The molecule has 0 aliphatic heterocycles. The number of aryl methyl sites for hydroxylation is 2. The number of thiophene rings is 1. The lowest BCUT2D eigenvalue weighted by Gasteiger charge is -2.09. The minimum absolute atomic E-state index is 0.0159. The molecule has 0 saturated heterocycles. The van der Waals surface area contributed by atoms with E-state index in [0.29, 0.717) is 22.1 Å². The molecule has 0 spiro atoms. The van der Waals surface area contributed by atoms with Crippen molar-refractivity contribution >= 4 is 39.1 Å². The van der Waals surface area contributed by atoms with Gasteiger partial charge in [-0.25, -0.2) is 4.98 Å². The average molecular weight is 451 g/mol. The van der Waals surface area contributed by atoms with Crippen LogP contribution in [0.5, 0.6) is 0 Å². The van der Waals surface area contributed by atoms with Crippen molar-refractivity contribution in [1.82, 2.24) is 14.8 Å². The number of nitrogens with two attached hydrogens (primary N) is 1. The van der Waals surface area contributed by atoms with Gasteiger partial charge in [0, 0.05) is 18.5 Å². The van der Waals surface area contributed by atoms with Crippen molar-refractivity contribution in [2.24, 2.45) is 12.8 Å². The normalized spacial score (nSPS) is 12.4. The van der Waals surface area contributed by atoms with Gasteiger partial charge >= 0.3 is 12.4 Å². The Labute approximate surface area is 167 Å². The molecule has 0 saturated carbocycles. The Bertz CT molecular complexity index is 1180. The number of carbonyl (C=O) groups excluding carboxylic acids is 2. The minimum atomic E-state index is -4.76. The number of anilines is 1. The Hall–Kier alpha value is -3.16. The molecule has 0 atom stereocenters. The van der Waals surface area contributed by atoms with Crippen molar-refractivity contribution in [3.05, 3.63) is 39.7 Å². The van der Waals surface area contributed by atoms with Gasteiger partial charge in [-0.3, -0.25) is 14.3 Å². The van der Waals surface area contributed by atoms with Crippen LogP contribution in [0, 0.1) is 6.92 Å². The van der Waals surface area contributed by atoms with Gasteiger partial charge in [-0.2, -0.15) is 31.4 Å². The van der Waals surface area contributed by atoms with Gasteiger partial charge in [0.15, 0.2) is 5.69 Å². The van der Waals surface area contributed by atoms with E-state index in [1.807, 2.05) is 0 Å². The molecule has 0 aromatic carbocycles. The second kappa shape index (κ2) is 6.97. The first-order valence-electron chi connectivity index (χ1n) is 7.94. The van der Waals surface area contributed by atoms with E-state index < -0.39 is 41.2 Å². The molecular formula is C16H11F6N5O2S. The summed E-state index contributed by atoms with van der Waals surface area (Å²) in [4.78, 5) is 27.2. The number of nitrogens with zero attached hydrogens (tertiary/aromatic N) is 3. The summed E-state index contributed by atoms with van der Waals surface area (Å²) in [5, 5.41) is 5.73. The second-order valence-electron chi connectivity index (χ2n) is 6.16. The Morgan fingerprint density at radius 3 is 2.27 bits per heavy atom. The SMILES string of the molecule is Cc1cc(C(F)(F)F)nc2sc(C(N)=O)c(NC(=O)c3cc(C(F)(F)F)n(C)n3)c12. The van der Waals surface area contributed by atoms with Crippen molar-refractivity contribution in [2.45, 2.75) is 19.3 Å². The first-order valence-corrected chi connectivity index (χ1v) is 8.75. The van der Waals surface area contributed by atoms with Gasteiger partial charge < -0.3 is 11.1 Å². The van der Waals surface area contributed by atoms with E-state index in [9.17, 15) is 35.9 Å². The fourth-order valence-corrected chi connectivity index (χ4v) is 3.80. The maximum absolute atomic E-state index is 13.0. The second-order valence-corrected chi connectivity index (χ2v) is 7.16. The number of fused-ring (bicyclic) bond motifs is 1. The predicted octanol–water partition coefficient (Wildman–Crippen LogP) is 3.73. The van der Waals surface area contributed by atoms with Crippen LogP contribution in [0.3, 0.4) is 0 Å². The van der Waals surface area contributed by atoms with E-state index in [1.165, 1.54) is 6.92 Å². The predicted molar refractivity (Wildman–Crippen MR) is 94.0 cm³/mol. The van der Waals surface area contributed by atoms with E-state index in [2.05, 4.69) is 15.4 Å². The van der Waals surface area contributed by atoms with Crippen molar-refractivity contribution in [3.63, 3.8) is 0 Å². The molecule has 0 aliphatic rings. The number of primary amides is 1. The first-order chi connectivity index (χ1) is 13.7. The van der Waals surface area contributed by atoms with Gasteiger partial charge in [-0.1, -0.05) is 0 Å². The van der Waals surface area contributed by atoms with Crippen LogP contribution in [0.4, 0.5) is 32.0 Å². The zero-order valence-electron chi connectivity index (χ0n) is 15.1. The summed E-state index contributed by atoms with van der Waals surface area (Å²) in [5.41, 5.74) is 2.03. The van der Waals surface area contributed by atoms with E-state index in [1.54, 1.807) is 0 Å². The van der Waals surface area contributed by atoms with Crippen LogP contribution in [0.2, 0.25) is 0 Å². The number of hydrogen-bond acceptors (Lipinski definition) is 5. The summed E-state index contributed by atoms with van der Waals surface area (Å²) in [6.45, 7) is 1.30. The molecule has 3 aromatic heterocycles. The van der Waals surface area contributed by atoms with Crippen LogP contribution >= 0.6 is 11.3 Å². The average Bonchev–Trinajstić information content (AvgIpc) is 3.15. The standard InChI is InChI=1S/C16H11F6N5O2S/c1-5-3-7(15(17,18)19)24-14-9(5)10(11(30-14)12(23)28)25-13(29)6-4-8(16(20,21)22)27(2)26-6/h3-4H,1-2H3,(H2,23,28)(H,25,29). The molecule has 0 bridgehead atoms. The Kier molecular flexibility index (Phi) is 5.00. The number of hydrogen-bond donors (Lipinski definition) is 2. The number of pyridine rings is 1. The van der Waals surface area contributed by atoms with Crippen LogP contribution < -0.4 is 11.1 Å². The lowest BCUT2D eigenvalue weighted by Crippen LogP contribution is -2.17. The third-order valence-electron chi connectivity index (χ3n) is 4.01. The van der Waals surface area contributed by atoms with Crippen LogP contribution in [0.1, 0.15) is 37.1 Å². The molecule has 0 fully saturated rings. The lowest BCUT2D eigenvalue weighted by molar-refractivity contribution is -0.143. The molecule has 160 valence electrons. The van der Waals surface area contributed by atoms with Crippen molar-refractivity contribution in [3.8, 4) is 0 Å². The van der Waals surface area contributed by atoms with Gasteiger partial charge in [-0.15, -0.1) is 11.3 Å². The van der Waals surface area contributed by atoms with Crippen LogP contribution in [0.25, 0.3) is 10.2 Å². The summed E-state index contributed by atoms with van der Waals surface area (Å²) < 4.78 is 78.2. The maximum Gasteiger partial charge on any atom is 0.433 e. The number of carbonyl (C=O) groups is 2. The number of amides is 2. The minimum Gasteiger partial charge on any atom is -0.365 e. The third-order valence-corrected chi connectivity index (χ3v) is 5.11. The van der Waals surface area contributed by atoms with Crippen molar-refractivity contribution in [1.29, 1.82) is 0 Å². The van der Waals surface area contributed by atoms with Crippen LogP contribution in [-0.4, -0.2) is 26.6 Å². The van der Waals surface area contributed by atoms with Gasteiger partial charge in [0.25, 0.3) is 11.8 Å². The topological polar surface area (TPSA) is 103 Å². The molecule has 0 aliphatic carbocycles. The van der Waals surface area contributed by atoms with Gasteiger partial charge in [0.1, 0.15) is 21.1 Å². The highest BCUT2D eigenvalue weighted by atomic mass is 32.1. The summed E-state index contributed by atoms with van der Waals surface area (Å²) in [6.07, 6.45) is -9.51. The van der Waals surface area contributed by atoms with E-state index in [4.69, 9.17) is 5.73 Å². The fraction of sp³-hybridized carbons (Fsp3) is 0.250. The Morgan fingerprint density at radius 1 is 1.13 bits per heavy atom. The number of halogens is 6. The molecule has 14 heteroatoms. The summed E-state index contributed by atoms with van der Waals surface area (Å²) in [6, 6.07) is 1.22. The van der Waals surface area contributed by atoms with E-state index in [0.717, 1.165) is 13.1 Å².